The zero-order chi connectivity index (χ0) is 17.4. The summed E-state index contributed by atoms with van der Waals surface area (Å²) in [6.45, 7) is 10.0. The molecule has 0 saturated carbocycles. The van der Waals surface area contributed by atoms with Crippen LogP contribution < -0.4 is 5.73 Å². The van der Waals surface area contributed by atoms with E-state index in [-0.39, 0.29) is 0 Å². The van der Waals surface area contributed by atoms with Gasteiger partial charge >= 0.3 is 0 Å². The summed E-state index contributed by atoms with van der Waals surface area (Å²) in [5.41, 5.74) is 12.1. The number of benzene rings is 1. The molecule has 0 saturated heterocycles. The zero-order valence-corrected chi connectivity index (χ0v) is 14.2. The highest BCUT2D eigenvalue weighted by atomic mass is 14.6. The van der Waals surface area contributed by atoms with Crippen molar-refractivity contribution in [3.05, 3.63) is 102 Å². The molecule has 24 heavy (non-hydrogen) atoms. The number of aromatic nitrogens is 1. The van der Waals surface area contributed by atoms with Gasteiger partial charge in [0.2, 0.25) is 0 Å². The molecule has 1 aromatic carbocycles. The number of allylic oxidation sites excluding steroid dienone is 5. The highest BCUT2D eigenvalue weighted by molar-refractivity contribution is 5.58. The maximum atomic E-state index is 5.79. The van der Waals surface area contributed by atoms with E-state index in [9.17, 15) is 0 Å². The quantitative estimate of drug-likeness (QED) is 0.557. The minimum atomic E-state index is 0.762. The van der Waals surface area contributed by atoms with Crippen molar-refractivity contribution in [2.45, 2.75) is 19.8 Å². The first-order valence-corrected chi connectivity index (χ1v) is 8.04. The minimum absolute atomic E-state index is 0.762. The van der Waals surface area contributed by atoms with Gasteiger partial charge in [0.25, 0.3) is 0 Å². The molecule has 2 rings (SSSR count). The second-order valence-corrected chi connectivity index (χ2v) is 5.81. The first kappa shape index (κ1) is 17.5. The Morgan fingerprint density at radius 1 is 1.25 bits per heavy atom. The van der Waals surface area contributed by atoms with Crippen molar-refractivity contribution in [1.82, 2.24) is 4.98 Å². The average molecular weight is 316 g/mol. The van der Waals surface area contributed by atoms with E-state index in [1.54, 1.807) is 0 Å². The van der Waals surface area contributed by atoms with Gasteiger partial charge in [-0.2, -0.15) is 0 Å². The molecule has 122 valence electrons. The molecule has 0 spiro atoms. The number of nitrogen functional groups attached to an aromatic ring is 1. The van der Waals surface area contributed by atoms with Crippen LogP contribution in [-0.4, -0.2) is 4.98 Å². The van der Waals surface area contributed by atoms with Crippen LogP contribution in [0.4, 0.5) is 5.69 Å². The van der Waals surface area contributed by atoms with Gasteiger partial charge in [0, 0.05) is 17.6 Å². The SMILES string of the molecule is C=C/C(=C\C(=C)/C=C\c1cccc(N)c1)CCc1ccnc(C)c1. The van der Waals surface area contributed by atoms with E-state index in [1.165, 1.54) is 11.1 Å². The topological polar surface area (TPSA) is 38.9 Å². The first-order chi connectivity index (χ1) is 11.6. The van der Waals surface area contributed by atoms with Gasteiger partial charge in [0.15, 0.2) is 0 Å². The Labute approximate surface area is 144 Å². The van der Waals surface area contributed by atoms with Crippen molar-refractivity contribution < 1.29 is 0 Å². The molecule has 2 aromatic rings. The van der Waals surface area contributed by atoms with Gasteiger partial charge in [-0.25, -0.2) is 0 Å². The highest BCUT2D eigenvalue weighted by Crippen LogP contribution is 2.15. The van der Waals surface area contributed by atoms with Crippen LogP contribution >= 0.6 is 0 Å². The lowest BCUT2D eigenvalue weighted by Gasteiger charge is -2.04. The van der Waals surface area contributed by atoms with Gasteiger partial charge in [-0.15, -0.1) is 0 Å². The molecule has 0 aliphatic heterocycles. The maximum absolute atomic E-state index is 5.79. The number of aryl methyl sites for hydroxylation is 2. The van der Waals surface area contributed by atoms with Crippen molar-refractivity contribution in [1.29, 1.82) is 0 Å². The van der Waals surface area contributed by atoms with Gasteiger partial charge in [-0.3, -0.25) is 4.98 Å². The monoisotopic (exact) mass is 316 g/mol. The number of nitrogens with two attached hydrogens (primary N) is 1. The fourth-order valence-corrected chi connectivity index (χ4v) is 2.43. The molecule has 0 fully saturated rings. The van der Waals surface area contributed by atoms with E-state index >= 15 is 0 Å². The van der Waals surface area contributed by atoms with E-state index in [0.29, 0.717) is 0 Å². The van der Waals surface area contributed by atoms with Crippen molar-refractivity contribution >= 4 is 11.8 Å². The maximum Gasteiger partial charge on any atom is 0.0375 e. The van der Waals surface area contributed by atoms with Crippen LogP contribution in [0.15, 0.2) is 85.1 Å². The zero-order valence-electron chi connectivity index (χ0n) is 14.2. The van der Waals surface area contributed by atoms with Gasteiger partial charge in [-0.1, -0.05) is 49.6 Å². The lowest BCUT2D eigenvalue weighted by molar-refractivity contribution is 0.954. The predicted molar refractivity (Wildman–Crippen MR) is 105 cm³/mol. The van der Waals surface area contributed by atoms with Crippen molar-refractivity contribution in [3.8, 4) is 0 Å². The summed E-state index contributed by atoms with van der Waals surface area (Å²) in [6, 6.07) is 12.0. The molecular formula is C22H24N2. The molecule has 0 amide bonds. The number of anilines is 1. The summed E-state index contributed by atoms with van der Waals surface area (Å²) in [6.07, 6.45) is 11.7. The molecule has 0 bridgehead atoms. The molecule has 0 radical (unpaired) electrons. The second-order valence-electron chi connectivity index (χ2n) is 5.81. The molecule has 2 heteroatoms. The molecule has 2 nitrogen and oxygen atoms in total. The Morgan fingerprint density at radius 3 is 2.79 bits per heavy atom. The fourth-order valence-electron chi connectivity index (χ4n) is 2.43. The smallest absolute Gasteiger partial charge is 0.0375 e. The van der Waals surface area contributed by atoms with E-state index in [1.807, 2.05) is 55.6 Å². The molecule has 0 atom stereocenters. The number of nitrogens with zero attached hydrogens (tertiary/aromatic N) is 1. The van der Waals surface area contributed by atoms with Crippen molar-refractivity contribution in [3.63, 3.8) is 0 Å². The van der Waals surface area contributed by atoms with Crippen LogP contribution in [-0.2, 0) is 6.42 Å². The molecule has 0 aliphatic carbocycles. The Morgan fingerprint density at radius 2 is 2.08 bits per heavy atom. The summed E-state index contributed by atoms with van der Waals surface area (Å²) in [5, 5.41) is 0. The summed E-state index contributed by atoms with van der Waals surface area (Å²) in [5.74, 6) is 0. The van der Waals surface area contributed by atoms with Gasteiger partial charge in [-0.05, 0) is 66.3 Å². The molecule has 0 unspecified atom stereocenters. The van der Waals surface area contributed by atoms with E-state index < -0.39 is 0 Å². The fraction of sp³-hybridized carbons (Fsp3) is 0.136. The van der Waals surface area contributed by atoms with Gasteiger partial charge < -0.3 is 5.73 Å². The number of hydrogen-bond acceptors (Lipinski definition) is 2. The molecular weight excluding hydrogens is 292 g/mol. The van der Waals surface area contributed by atoms with Crippen molar-refractivity contribution in [2.75, 3.05) is 5.73 Å². The normalized spacial score (nSPS) is 11.6. The third kappa shape index (κ3) is 5.73. The number of rotatable bonds is 7. The van der Waals surface area contributed by atoms with Crippen LogP contribution in [0.1, 0.15) is 23.2 Å². The number of hydrogen-bond donors (Lipinski definition) is 1. The lowest BCUT2D eigenvalue weighted by atomic mass is 10.0. The van der Waals surface area contributed by atoms with E-state index in [0.717, 1.165) is 35.4 Å². The molecule has 0 aliphatic rings. The summed E-state index contributed by atoms with van der Waals surface area (Å²) in [4.78, 5) is 4.23. The van der Waals surface area contributed by atoms with E-state index in [2.05, 4.69) is 36.4 Å². The minimum Gasteiger partial charge on any atom is -0.399 e. The van der Waals surface area contributed by atoms with Crippen LogP contribution in [0.25, 0.3) is 6.08 Å². The van der Waals surface area contributed by atoms with Crippen LogP contribution in [0.2, 0.25) is 0 Å². The average Bonchev–Trinajstić information content (AvgIpc) is 2.57. The van der Waals surface area contributed by atoms with Gasteiger partial charge in [0.1, 0.15) is 0 Å². The first-order valence-electron chi connectivity index (χ1n) is 8.04. The Hall–Kier alpha value is -2.87. The van der Waals surface area contributed by atoms with Crippen molar-refractivity contribution in [2.24, 2.45) is 0 Å². The lowest BCUT2D eigenvalue weighted by Crippen LogP contribution is -1.90. The Kier molecular flexibility index (Phi) is 6.32. The predicted octanol–water partition coefficient (Wildman–Crippen LogP) is 5.29. The van der Waals surface area contributed by atoms with Crippen LogP contribution in [0.3, 0.4) is 0 Å². The second kappa shape index (κ2) is 8.68. The third-order valence-electron chi connectivity index (χ3n) is 3.70. The van der Waals surface area contributed by atoms with Crippen LogP contribution in [0.5, 0.6) is 0 Å². The molecule has 2 N–H and O–H groups in total. The van der Waals surface area contributed by atoms with E-state index in [4.69, 9.17) is 5.73 Å². The number of pyridine rings is 1. The largest absolute Gasteiger partial charge is 0.399 e. The van der Waals surface area contributed by atoms with Gasteiger partial charge in [0.05, 0.1) is 0 Å². The van der Waals surface area contributed by atoms with Crippen LogP contribution in [0, 0.1) is 6.92 Å². The summed E-state index contributed by atoms with van der Waals surface area (Å²) < 4.78 is 0. The Bertz CT molecular complexity index is 782. The Balaban J connectivity index is 1.98. The third-order valence-corrected chi connectivity index (χ3v) is 3.70. The standard InChI is InChI=1S/C22H24N2/c1-4-19(10-11-21-12-13-24-18(3)15-21)14-17(2)8-9-20-6-5-7-22(23)16-20/h4-9,12-16H,1-2,10-11,23H2,3H3/b9-8-,19-14+. The molecule has 1 heterocycles. The summed E-state index contributed by atoms with van der Waals surface area (Å²) >= 11 is 0. The molecule has 1 aromatic heterocycles. The highest BCUT2D eigenvalue weighted by Gasteiger charge is 1.98. The summed E-state index contributed by atoms with van der Waals surface area (Å²) in [7, 11) is 0.